The number of amides is 1. The minimum atomic E-state index is -1.33. The van der Waals surface area contributed by atoms with Gasteiger partial charge in [0.05, 0.1) is 29.6 Å². The third-order valence-electron chi connectivity index (χ3n) is 6.47. The van der Waals surface area contributed by atoms with Gasteiger partial charge in [0.15, 0.2) is 0 Å². The summed E-state index contributed by atoms with van der Waals surface area (Å²) in [5.74, 6) is -1.48. The molecule has 6 N–H and O–H groups in total. The van der Waals surface area contributed by atoms with Crippen LogP contribution >= 0.6 is 15.9 Å². The van der Waals surface area contributed by atoms with Crippen LogP contribution in [0.25, 0.3) is 11.3 Å². The molecular weight excluding hydrogens is 532 g/mol. The number of aliphatic hydroxyl groups is 1. The molecule has 0 spiro atoms. The van der Waals surface area contributed by atoms with E-state index in [9.17, 15) is 14.3 Å². The smallest absolute Gasteiger partial charge is 0.254 e. The molecule has 1 fully saturated rings. The fourth-order valence-corrected chi connectivity index (χ4v) is 5.14. The second-order valence-electron chi connectivity index (χ2n) is 9.14. The summed E-state index contributed by atoms with van der Waals surface area (Å²) < 4.78 is 30.0. The van der Waals surface area contributed by atoms with Gasteiger partial charge in [-0.1, -0.05) is 28.1 Å². The van der Waals surface area contributed by atoms with Crippen LogP contribution in [-0.4, -0.2) is 39.8 Å². The van der Waals surface area contributed by atoms with Crippen molar-refractivity contribution in [3.8, 4) is 11.3 Å². The number of nitrogens with one attached hydrogen (secondary N) is 1. The van der Waals surface area contributed by atoms with Crippen LogP contribution in [0.15, 0.2) is 47.1 Å². The summed E-state index contributed by atoms with van der Waals surface area (Å²) >= 11 is 3.44. The number of halogens is 3. The SMILES string of the molecule is Cc1cc(Br)cc([C@@H](CN)NC(=O)c2ccc(-c3nc([C@H]4CC[C@H](O)[C@@H](F)C4)cnc3N)cc2F)c1. The van der Waals surface area contributed by atoms with E-state index in [1.54, 1.807) is 6.07 Å². The lowest BCUT2D eigenvalue weighted by Crippen LogP contribution is -2.34. The molecule has 2 aromatic carbocycles. The molecule has 1 aliphatic rings. The van der Waals surface area contributed by atoms with Crippen molar-refractivity contribution >= 4 is 27.7 Å². The van der Waals surface area contributed by atoms with Gasteiger partial charge in [-0.15, -0.1) is 0 Å². The van der Waals surface area contributed by atoms with Crippen LogP contribution in [0.5, 0.6) is 0 Å². The van der Waals surface area contributed by atoms with Crippen LogP contribution in [0.2, 0.25) is 0 Å². The highest BCUT2D eigenvalue weighted by Gasteiger charge is 2.31. The first-order valence-corrected chi connectivity index (χ1v) is 12.5. The molecule has 36 heavy (non-hydrogen) atoms. The molecule has 190 valence electrons. The molecule has 0 saturated heterocycles. The van der Waals surface area contributed by atoms with Gasteiger partial charge in [-0.2, -0.15) is 0 Å². The summed E-state index contributed by atoms with van der Waals surface area (Å²) in [5, 5.41) is 12.5. The molecule has 3 aromatic rings. The van der Waals surface area contributed by atoms with Crippen molar-refractivity contribution in [1.82, 2.24) is 15.3 Å². The zero-order chi connectivity index (χ0) is 26.0. The van der Waals surface area contributed by atoms with E-state index in [2.05, 4.69) is 31.2 Å². The largest absolute Gasteiger partial charge is 0.390 e. The number of aryl methyl sites for hydroxylation is 1. The van der Waals surface area contributed by atoms with Crippen LogP contribution in [0.1, 0.15) is 58.4 Å². The molecule has 7 nitrogen and oxygen atoms in total. The number of hydrogen-bond donors (Lipinski definition) is 4. The van der Waals surface area contributed by atoms with E-state index in [0.29, 0.717) is 24.1 Å². The number of rotatable bonds is 6. The van der Waals surface area contributed by atoms with Gasteiger partial charge in [0.1, 0.15) is 23.5 Å². The Labute approximate surface area is 216 Å². The second kappa shape index (κ2) is 11.0. The van der Waals surface area contributed by atoms with Crippen LogP contribution in [0, 0.1) is 12.7 Å². The zero-order valence-electron chi connectivity index (χ0n) is 19.7. The standard InChI is InChI=1S/C26H28BrF2N5O2/c1-13-6-16(8-17(27)7-13)21(11-30)34-26(36)18-4-2-15(10-19(18)28)24-25(31)32-12-22(33-24)14-3-5-23(35)20(29)9-14/h2,4,6-8,10,12,14,20-21,23,35H,3,5,9,11,30H2,1H3,(H2,31,32)(H,34,36)/t14-,20-,21+,23-/m0/s1. The van der Waals surface area contributed by atoms with Crippen molar-refractivity contribution in [2.45, 2.75) is 50.4 Å². The van der Waals surface area contributed by atoms with Gasteiger partial charge in [0.25, 0.3) is 5.91 Å². The highest BCUT2D eigenvalue weighted by Crippen LogP contribution is 2.35. The van der Waals surface area contributed by atoms with Gasteiger partial charge in [-0.3, -0.25) is 4.79 Å². The Morgan fingerprint density at radius 2 is 2.06 bits per heavy atom. The highest BCUT2D eigenvalue weighted by atomic mass is 79.9. The molecule has 0 aliphatic heterocycles. The van der Waals surface area contributed by atoms with E-state index < -0.39 is 30.0 Å². The fourth-order valence-electron chi connectivity index (χ4n) is 4.52. The third-order valence-corrected chi connectivity index (χ3v) is 6.93. The van der Waals surface area contributed by atoms with Crippen LogP contribution in [0.4, 0.5) is 14.6 Å². The summed E-state index contributed by atoms with van der Waals surface area (Å²) in [6.45, 7) is 2.07. The van der Waals surface area contributed by atoms with Crippen molar-refractivity contribution in [3.63, 3.8) is 0 Å². The predicted octanol–water partition coefficient (Wildman–Crippen LogP) is 4.33. The van der Waals surface area contributed by atoms with Crippen molar-refractivity contribution in [2.24, 2.45) is 5.73 Å². The van der Waals surface area contributed by atoms with Gasteiger partial charge >= 0.3 is 0 Å². The van der Waals surface area contributed by atoms with Crippen molar-refractivity contribution in [2.75, 3.05) is 12.3 Å². The first kappa shape index (κ1) is 26.1. The number of aliphatic hydroxyl groups excluding tert-OH is 1. The van der Waals surface area contributed by atoms with Gasteiger partial charge < -0.3 is 21.9 Å². The Kier molecular flexibility index (Phi) is 7.97. The molecule has 0 radical (unpaired) electrons. The Hall–Kier alpha value is -2.95. The molecule has 1 heterocycles. The average Bonchev–Trinajstić information content (AvgIpc) is 2.83. The minimum Gasteiger partial charge on any atom is -0.390 e. The number of carbonyl (C=O) groups is 1. The lowest BCUT2D eigenvalue weighted by molar-refractivity contribution is 0.0363. The molecule has 1 aliphatic carbocycles. The number of nitrogens with zero attached hydrogens (tertiary/aromatic N) is 2. The topological polar surface area (TPSA) is 127 Å². The van der Waals surface area contributed by atoms with Gasteiger partial charge in [-0.25, -0.2) is 18.7 Å². The van der Waals surface area contributed by atoms with Gasteiger partial charge in [-0.05, 0) is 61.6 Å². The fraction of sp³-hybridized carbons (Fsp3) is 0.346. The number of nitrogens with two attached hydrogens (primary N) is 2. The highest BCUT2D eigenvalue weighted by molar-refractivity contribution is 9.10. The number of anilines is 1. The Balaban J connectivity index is 1.56. The summed E-state index contributed by atoms with van der Waals surface area (Å²) in [7, 11) is 0. The monoisotopic (exact) mass is 559 g/mol. The van der Waals surface area contributed by atoms with E-state index in [1.807, 2.05) is 25.1 Å². The third kappa shape index (κ3) is 5.71. The number of benzene rings is 2. The molecule has 0 unspecified atom stereocenters. The molecule has 1 amide bonds. The van der Waals surface area contributed by atoms with E-state index >= 15 is 4.39 Å². The normalized spacial score (nSPS) is 20.7. The van der Waals surface area contributed by atoms with E-state index in [4.69, 9.17) is 11.5 Å². The molecule has 1 aromatic heterocycles. The number of hydrogen-bond acceptors (Lipinski definition) is 6. The number of nitrogen functional groups attached to an aromatic ring is 1. The maximum absolute atomic E-state index is 15.1. The maximum atomic E-state index is 15.1. The lowest BCUT2D eigenvalue weighted by Gasteiger charge is -2.28. The predicted molar refractivity (Wildman–Crippen MR) is 137 cm³/mol. The van der Waals surface area contributed by atoms with Crippen molar-refractivity contribution < 1.29 is 18.7 Å². The Morgan fingerprint density at radius 3 is 2.72 bits per heavy atom. The quantitative estimate of drug-likeness (QED) is 0.356. The lowest BCUT2D eigenvalue weighted by atomic mass is 9.84. The number of carbonyl (C=O) groups excluding carboxylic acids is 1. The average molecular weight is 560 g/mol. The second-order valence-corrected chi connectivity index (χ2v) is 10.1. The van der Waals surface area contributed by atoms with Crippen molar-refractivity contribution in [3.05, 3.63) is 75.3 Å². The molecule has 4 atom stereocenters. The number of aromatic nitrogens is 2. The first-order chi connectivity index (χ1) is 17.2. The van der Waals surface area contributed by atoms with Crippen LogP contribution in [0.3, 0.4) is 0 Å². The zero-order valence-corrected chi connectivity index (χ0v) is 21.3. The summed E-state index contributed by atoms with van der Waals surface area (Å²) in [4.78, 5) is 21.6. The summed E-state index contributed by atoms with van der Waals surface area (Å²) in [6, 6.07) is 9.30. The minimum absolute atomic E-state index is 0.0937. The Bertz CT molecular complexity index is 1250. The number of alkyl halides is 1. The molecule has 10 heteroatoms. The molecule has 0 bridgehead atoms. The Morgan fingerprint density at radius 1 is 1.28 bits per heavy atom. The van der Waals surface area contributed by atoms with E-state index in [0.717, 1.165) is 15.6 Å². The summed E-state index contributed by atoms with van der Waals surface area (Å²) in [5.41, 5.74) is 14.7. The molecular formula is C26H28BrF2N5O2. The maximum Gasteiger partial charge on any atom is 0.254 e. The molecule has 4 rings (SSSR count). The van der Waals surface area contributed by atoms with E-state index in [-0.39, 0.29) is 36.0 Å². The van der Waals surface area contributed by atoms with Crippen LogP contribution in [-0.2, 0) is 0 Å². The van der Waals surface area contributed by atoms with Gasteiger partial charge in [0, 0.05) is 22.5 Å². The van der Waals surface area contributed by atoms with E-state index in [1.165, 1.54) is 18.3 Å². The summed E-state index contributed by atoms with van der Waals surface area (Å²) in [6.07, 6.45) is 0.207. The van der Waals surface area contributed by atoms with Gasteiger partial charge in [0.2, 0.25) is 0 Å². The molecule has 1 saturated carbocycles. The van der Waals surface area contributed by atoms with Crippen LogP contribution < -0.4 is 16.8 Å². The van der Waals surface area contributed by atoms with Crippen molar-refractivity contribution in [1.29, 1.82) is 0 Å². The first-order valence-electron chi connectivity index (χ1n) is 11.7.